The van der Waals surface area contributed by atoms with Crippen LogP contribution >= 0.6 is 11.3 Å². The summed E-state index contributed by atoms with van der Waals surface area (Å²) in [5.74, 6) is 0.955. The van der Waals surface area contributed by atoms with Crippen molar-refractivity contribution in [1.29, 1.82) is 0 Å². The standard InChI is InChI=1S/C22H25N3O6S2/c1-23-13-16(14-5-6-17(30-2)18(11-14)31-3)20-15(21(23)26)12-19(32-20)22(27)24-7-9-25(10-8-24)33(4,28)29/h5-6,11-13H,7-10H2,1-4H3. The first kappa shape index (κ1) is 23.3. The molecule has 2 aromatic heterocycles. The lowest BCUT2D eigenvalue weighted by Crippen LogP contribution is -2.50. The molecule has 0 aliphatic carbocycles. The molecule has 1 amide bonds. The van der Waals surface area contributed by atoms with Crippen LogP contribution in [0.3, 0.4) is 0 Å². The number of ether oxygens (including phenoxy) is 2. The summed E-state index contributed by atoms with van der Waals surface area (Å²) in [5, 5.41) is 0.466. The van der Waals surface area contributed by atoms with Crippen LogP contribution in [0.1, 0.15) is 9.67 Å². The molecule has 3 heterocycles. The summed E-state index contributed by atoms with van der Waals surface area (Å²) in [6, 6.07) is 7.15. The van der Waals surface area contributed by atoms with Crippen LogP contribution in [-0.2, 0) is 17.1 Å². The van der Waals surface area contributed by atoms with Crippen molar-refractivity contribution in [3.63, 3.8) is 0 Å². The highest BCUT2D eigenvalue weighted by Crippen LogP contribution is 2.37. The number of hydrogen-bond donors (Lipinski definition) is 0. The number of methoxy groups -OCH3 is 2. The number of carbonyl (C=O) groups is 1. The maximum absolute atomic E-state index is 13.2. The largest absolute Gasteiger partial charge is 0.493 e. The molecule has 0 saturated carbocycles. The molecule has 176 valence electrons. The Morgan fingerprint density at radius 2 is 1.70 bits per heavy atom. The van der Waals surface area contributed by atoms with E-state index in [9.17, 15) is 18.0 Å². The van der Waals surface area contributed by atoms with Gasteiger partial charge < -0.3 is 18.9 Å². The van der Waals surface area contributed by atoms with Gasteiger partial charge in [0, 0.05) is 49.7 Å². The zero-order valence-corrected chi connectivity index (χ0v) is 20.5. The monoisotopic (exact) mass is 491 g/mol. The SMILES string of the molecule is COc1ccc(-c2cn(C)c(=O)c3cc(C(=O)N4CCN(S(C)(=O)=O)CC4)sc23)cc1OC. The van der Waals surface area contributed by atoms with Crippen molar-refractivity contribution < 1.29 is 22.7 Å². The lowest BCUT2D eigenvalue weighted by Gasteiger charge is -2.32. The number of aryl methyl sites for hydroxylation is 1. The number of pyridine rings is 1. The molecule has 33 heavy (non-hydrogen) atoms. The van der Waals surface area contributed by atoms with Gasteiger partial charge in [-0.1, -0.05) is 6.07 Å². The van der Waals surface area contributed by atoms with E-state index in [1.807, 2.05) is 12.1 Å². The zero-order chi connectivity index (χ0) is 23.9. The van der Waals surface area contributed by atoms with Crippen LogP contribution in [0.25, 0.3) is 21.2 Å². The molecule has 0 radical (unpaired) electrons. The highest BCUT2D eigenvalue weighted by Gasteiger charge is 2.28. The van der Waals surface area contributed by atoms with Gasteiger partial charge in [0.2, 0.25) is 10.0 Å². The van der Waals surface area contributed by atoms with E-state index in [1.165, 1.54) is 26.5 Å². The third-order valence-corrected chi connectivity index (χ3v) is 8.21. The number of fused-ring (bicyclic) bond motifs is 1. The smallest absolute Gasteiger partial charge is 0.264 e. The van der Waals surface area contributed by atoms with Crippen LogP contribution in [0.5, 0.6) is 11.5 Å². The number of rotatable bonds is 5. The van der Waals surface area contributed by atoms with Crippen molar-refractivity contribution in [3.8, 4) is 22.6 Å². The molecule has 0 spiro atoms. The summed E-state index contributed by atoms with van der Waals surface area (Å²) in [6.45, 7) is 1.13. The lowest BCUT2D eigenvalue weighted by atomic mass is 10.1. The molecule has 1 fully saturated rings. The Morgan fingerprint density at radius 1 is 1.03 bits per heavy atom. The number of hydrogen-bond acceptors (Lipinski definition) is 7. The van der Waals surface area contributed by atoms with E-state index in [0.717, 1.165) is 11.1 Å². The van der Waals surface area contributed by atoms with Crippen molar-refractivity contribution in [3.05, 3.63) is 45.7 Å². The van der Waals surface area contributed by atoms with E-state index >= 15 is 0 Å². The molecule has 1 aliphatic heterocycles. The first-order valence-electron chi connectivity index (χ1n) is 10.2. The highest BCUT2D eigenvalue weighted by molar-refractivity contribution is 7.88. The molecular weight excluding hydrogens is 466 g/mol. The number of benzene rings is 1. The van der Waals surface area contributed by atoms with Crippen molar-refractivity contribution in [2.75, 3.05) is 46.7 Å². The van der Waals surface area contributed by atoms with Crippen LogP contribution in [0.4, 0.5) is 0 Å². The highest BCUT2D eigenvalue weighted by atomic mass is 32.2. The molecule has 0 atom stereocenters. The summed E-state index contributed by atoms with van der Waals surface area (Å²) in [6.07, 6.45) is 2.92. The Balaban J connectivity index is 1.73. The van der Waals surface area contributed by atoms with E-state index in [0.29, 0.717) is 39.6 Å². The third-order valence-electron chi connectivity index (χ3n) is 5.75. The molecule has 1 aliphatic rings. The molecule has 0 unspecified atom stereocenters. The number of amides is 1. The number of sulfonamides is 1. The fourth-order valence-corrected chi connectivity index (χ4v) is 5.92. The van der Waals surface area contributed by atoms with Gasteiger partial charge >= 0.3 is 0 Å². The predicted octanol–water partition coefficient (Wildman–Crippen LogP) is 2.00. The van der Waals surface area contributed by atoms with Crippen LogP contribution in [0, 0.1) is 0 Å². The van der Waals surface area contributed by atoms with Gasteiger partial charge in [0.25, 0.3) is 11.5 Å². The van der Waals surface area contributed by atoms with E-state index in [4.69, 9.17) is 9.47 Å². The minimum absolute atomic E-state index is 0.188. The third kappa shape index (κ3) is 4.35. The Morgan fingerprint density at radius 3 is 2.30 bits per heavy atom. The van der Waals surface area contributed by atoms with Crippen molar-refractivity contribution in [1.82, 2.24) is 13.8 Å². The summed E-state index contributed by atoms with van der Waals surface area (Å²) >= 11 is 1.26. The van der Waals surface area contributed by atoms with Gasteiger partial charge in [0.05, 0.1) is 30.7 Å². The fourth-order valence-electron chi connectivity index (χ4n) is 3.94. The van der Waals surface area contributed by atoms with Crippen LogP contribution in [0.2, 0.25) is 0 Å². The molecule has 11 heteroatoms. The Hall–Kier alpha value is -2.89. The number of carbonyl (C=O) groups excluding carboxylic acids is 1. The van der Waals surface area contributed by atoms with E-state index in [2.05, 4.69) is 0 Å². The predicted molar refractivity (Wildman–Crippen MR) is 128 cm³/mol. The maximum Gasteiger partial charge on any atom is 0.264 e. The second kappa shape index (κ2) is 8.81. The van der Waals surface area contributed by atoms with E-state index in [-0.39, 0.29) is 24.6 Å². The average molecular weight is 492 g/mol. The van der Waals surface area contributed by atoms with E-state index in [1.54, 1.807) is 44.5 Å². The lowest BCUT2D eigenvalue weighted by molar-refractivity contribution is 0.0703. The molecular formula is C22H25N3O6S2. The average Bonchev–Trinajstić information content (AvgIpc) is 3.25. The first-order chi connectivity index (χ1) is 15.6. The molecule has 4 rings (SSSR count). The normalized spacial score (nSPS) is 15.1. The Bertz CT molecular complexity index is 1390. The fraction of sp³-hybridized carbons (Fsp3) is 0.364. The maximum atomic E-state index is 13.2. The summed E-state index contributed by atoms with van der Waals surface area (Å²) < 4.78 is 37.8. The molecule has 0 bridgehead atoms. The van der Waals surface area contributed by atoms with Gasteiger partial charge in [-0.15, -0.1) is 11.3 Å². The second-order valence-corrected chi connectivity index (χ2v) is 10.9. The van der Waals surface area contributed by atoms with E-state index < -0.39 is 10.0 Å². The van der Waals surface area contributed by atoms with Gasteiger partial charge in [-0.3, -0.25) is 9.59 Å². The molecule has 1 aromatic carbocycles. The summed E-state index contributed by atoms with van der Waals surface area (Å²) in [5.41, 5.74) is 1.45. The quantitative estimate of drug-likeness (QED) is 0.542. The van der Waals surface area contributed by atoms with Gasteiger partial charge in [-0.25, -0.2) is 8.42 Å². The van der Waals surface area contributed by atoms with Gasteiger partial charge in [0.15, 0.2) is 11.5 Å². The van der Waals surface area contributed by atoms with Gasteiger partial charge in [0.1, 0.15) is 0 Å². The van der Waals surface area contributed by atoms with Crippen molar-refractivity contribution in [2.24, 2.45) is 7.05 Å². The molecule has 1 saturated heterocycles. The van der Waals surface area contributed by atoms with Crippen LogP contribution < -0.4 is 15.0 Å². The number of piperazine rings is 1. The van der Waals surface area contributed by atoms with Gasteiger partial charge in [-0.05, 0) is 23.8 Å². The zero-order valence-electron chi connectivity index (χ0n) is 18.8. The molecule has 3 aromatic rings. The summed E-state index contributed by atoms with van der Waals surface area (Å²) in [4.78, 5) is 28.1. The first-order valence-corrected chi connectivity index (χ1v) is 12.9. The minimum atomic E-state index is -3.28. The number of nitrogens with zero attached hydrogens (tertiary/aromatic N) is 3. The Labute approximate surface area is 195 Å². The van der Waals surface area contributed by atoms with Crippen molar-refractivity contribution >= 4 is 37.4 Å². The van der Waals surface area contributed by atoms with Crippen molar-refractivity contribution in [2.45, 2.75) is 0 Å². The Kier molecular flexibility index (Phi) is 6.21. The van der Waals surface area contributed by atoms with Gasteiger partial charge in [-0.2, -0.15) is 4.31 Å². The van der Waals surface area contributed by atoms with Crippen LogP contribution in [-0.4, -0.2) is 74.8 Å². The number of thiophene rings is 1. The summed E-state index contributed by atoms with van der Waals surface area (Å²) in [7, 11) is 1.52. The molecule has 0 N–H and O–H groups in total. The number of aromatic nitrogens is 1. The topological polar surface area (TPSA) is 98.1 Å². The van der Waals surface area contributed by atoms with Crippen LogP contribution in [0.15, 0.2) is 35.3 Å². The minimum Gasteiger partial charge on any atom is -0.493 e. The second-order valence-electron chi connectivity index (χ2n) is 7.84. The molecule has 9 nitrogen and oxygen atoms in total.